The van der Waals surface area contributed by atoms with Crippen molar-refractivity contribution in [3.63, 3.8) is 0 Å². The second kappa shape index (κ2) is 7.99. The average molecular weight is 360 g/mol. The second-order valence-electron chi connectivity index (χ2n) is 6.87. The number of hydrogen-bond acceptors (Lipinski definition) is 4. The molecule has 1 aromatic heterocycles. The number of benzene rings is 2. The maximum atomic E-state index is 12.6. The van der Waals surface area contributed by atoms with Crippen LogP contribution in [-0.4, -0.2) is 15.9 Å². The quantitative estimate of drug-likeness (QED) is 0.655. The largest absolute Gasteiger partial charge is 0.324 e. The number of nitrogens with one attached hydrogen (secondary N) is 2. The van der Waals surface area contributed by atoms with Gasteiger partial charge in [-0.15, -0.1) is 0 Å². The van der Waals surface area contributed by atoms with E-state index in [0.29, 0.717) is 17.6 Å². The number of carbonyl (C=O) groups is 1. The minimum Gasteiger partial charge on any atom is -0.324 e. The first-order valence-electron chi connectivity index (χ1n) is 9.01. The highest BCUT2D eigenvalue weighted by Crippen LogP contribution is 2.20. The molecular formula is C22H24N4O. The van der Waals surface area contributed by atoms with Gasteiger partial charge in [0.1, 0.15) is 5.69 Å². The summed E-state index contributed by atoms with van der Waals surface area (Å²) in [7, 11) is 0. The molecular weight excluding hydrogens is 336 g/mol. The number of anilines is 3. The highest BCUT2D eigenvalue weighted by Gasteiger charge is 2.11. The van der Waals surface area contributed by atoms with Crippen LogP contribution in [0.2, 0.25) is 0 Å². The molecule has 1 amide bonds. The molecule has 0 bridgehead atoms. The van der Waals surface area contributed by atoms with Crippen LogP contribution in [0.1, 0.15) is 46.9 Å². The number of rotatable bonds is 5. The zero-order valence-corrected chi connectivity index (χ0v) is 16.1. The van der Waals surface area contributed by atoms with Gasteiger partial charge in [-0.05, 0) is 60.7 Å². The van der Waals surface area contributed by atoms with Gasteiger partial charge in [0.05, 0.1) is 0 Å². The van der Waals surface area contributed by atoms with Crippen molar-refractivity contribution >= 4 is 23.2 Å². The fourth-order valence-electron chi connectivity index (χ4n) is 2.70. The summed E-state index contributed by atoms with van der Waals surface area (Å²) >= 11 is 0. The molecule has 3 aromatic rings. The van der Waals surface area contributed by atoms with Crippen molar-refractivity contribution in [1.29, 1.82) is 0 Å². The van der Waals surface area contributed by atoms with Crippen LogP contribution in [0.4, 0.5) is 17.3 Å². The van der Waals surface area contributed by atoms with Crippen molar-refractivity contribution in [2.45, 2.75) is 33.6 Å². The van der Waals surface area contributed by atoms with E-state index in [1.54, 1.807) is 12.3 Å². The van der Waals surface area contributed by atoms with E-state index in [1.807, 2.05) is 44.2 Å². The summed E-state index contributed by atoms with van der Waals surface area (Å²) in [5.41, 5.74) is 5.42. The van der Waals surface area contributed by atoms with Gasteiger partial charge in [0.2, 0.25) is 5.95 Å². The molecule has 0 saturated heterocycles. The van der Waals surface area contributed by atoms with Crippen LogP contribution in [0.5, 0.6) is 0 Å². The Labute approximate surface area is 159 Å². The fourth-order valence-corrected chi connectivity index (χ4v) is 2.70. The van der Waals surface area contributed by atoms with Crippen molar-refractivity contribution in [3.8, 4) is 0 Å². The Hall–Kier alpha value is -3.21. The summed E-state index contributed by atoms with van der Waals surface area (Å²) in [6.07, 6.45) is 1.58. The average Bonchev–Trinajstić information content (AvgIpc) is 2.66. The van der Waals surface area contributed by atoms with Crippen molar-refractivity contribution in [3.05, 3.63) is 77.1 Å². The molecule has 0 aliphatic heterocycles. The lowest BCUT2D eigenvalue weighted by Gasteiger charge is -2.11. The van der Waals surface area contributed by atoms with E-state index in [4.69, 9.17) is 0 Å². The molecule has 0 atom stereocenters. The smallest absolute Gasteiger partial charge is 0.274 e. The van der Waals surface area contributed by atoms with Crippen LogP contribution in [0, 0.1) is 13.8 Å². The summed E-state index contributed by atoms with van der Waals surface area (Å²) < 4.78 is 0. The maximum absolute atomic E-state index is 12.6. The molecule has 1 heterocycles. The van der Waals surface area contributed by atoms with Crippen molar-refractivity contribution in [2.24, 2.45) is 0 Å². The van der Waals surface area contributed by atoms with Gasteiger partial charge >= 0.3 is 0 Å². The third-order valence-electron chi connectivity index (χ3n) is 4.57. The Bertz CT molecular complexity index is 949. The maximum Gasteiger partial charge on any atom is 0.274 e. The molecule has 138 valence electrons. The first-order chi connectivity index (χ1) is 12.9. The topological polar surface area (TPSA) is 66.9 Å². The standard InChI is InChI=1S/C22H24N4O/c1-14(2)17-8-10-18(11-9-17)24-22-23-13-12-20(26-22)21(27)25-19-7-5-6-15(3)16(19)4/h5-14H,1-4H3,(H,25,27)(H,23,24,26). The molecule has 0 radical (unpaired) electrons. The minimum absolute atomic E-state index is 0.260. The van der Waals surface area contributed by atoms with Gasteiger partial charge in [-0.3, -0.25) is 4.79 Å². The Morgan fingerprint density at radius 1 is 1.00 bits per heavy atom. The monoisotopic (exact) mass is 360 g/mol. The molecule has 2 aromatic carbocycles. The van der Waals surface area contributed by atoms with E-state index >= 15 is 0 Å². The number of amides is 1. The van der Waals surface area contributed by atoms with Crippen molar-refractivity contribution < 1.29 is 4.79 Å². The molecule has 0 spiro atoms. The van der Waals surface area contributed by atoms with Gasteiger partial charge < -0.3 is 10.6 Å². The summed E-state index contributed by atoms with van der Waals surface area (Å²) in [5.74, 6) is 0.609. The molecule has 5 nitrogen and oxygen atoms in total. The van der Waals surface area contributed by atoms with Crippen LogP contribution < -0.4 is 10.6 Å². The van der Waals surface area contributed by atoms with E-state index in [0.717, 1.165) is 22.5 Å². The predicted octanol–water partition coefficient (Wildman–Crippen LogP) is 5.21. The zero-order valence-electron chi connectivity index (χ0n) is 16.1. The minimum atomic E-state index is -0.260. The summed E-state index contributed by atoms with van der Waals surface area (Å²) in [4.78, 5) is 21.1. The van der Waals surface area contributed by atoms with Gasteiger partial charge in [-0.1, -0.05) is 38.1 Å². The summed E-state index contributed by atoms with van der Waals surface area (Å²) in [6, 6.07) is 15.6. The number of nitrogens with zero attached hydrogens (tertiary/aromatic N) is 2. The Kier molecular flexibility index (Phi) is 5.50. The van der Waals surface area contributed by atoms with Crippen LogP contribution in [0.3, 0.4) is 0 Å². The lowest BCUT2D eigenvalue weighted by Crippen LogP contribution is -2.15. The van der Waals surface area contributed by atoms with Gasteiger partial charge in [-0.25, -0.2) is 9.97 Å². The molecule has 5 heteroatoms. The molecule has 27 heavy (non-hydrogen) atoms. The molecule has 0 saturated carbocycles. The van der Waals surface area contributed by atoms with E-state index < -0.39 is 0 Å². The third-order valence-corrected chi connectivity index (χ3v) is 4.57. The molecule has 0 unspecified atom stereocenters. The molecule has 2 N–H and O–H groups in total. The molecule has 0 fully saturated rings. The lowest BCUT2D eigenvalue weighted by molar-refractivity contribution is 0.102. The molecule has 0 aliphatic rings. The summed E-state index contributed by atoms with van der Waals surface area (Å²) in [6.45, 7) is 8.31. The van der Waals surface area contributed by atoms with E-state index in [1.165, 1.54) is 5.56 Å². The van der Waals surface area contributed by atoms with Crippen molar-refractivity contribution in [1.82, 2.24) is 9.97 Å². The Morgan fingerprint density at radius 2 is 1.74 bits per heavy atom. The first kappa shape index (κ1) is 18.6. The van der Waals surface area contributed by atoms with Crippen molar-refractivity contribution in [2.75, 3.05) is 10.6 Å². The van der Waals surface area contributed by atoms with Gasteiger partial charge in [-0.2, -0.15) is 0 Å². The Balaban J connectivity index is 1.74. The lowest BCUT2D eigenvalue weighted by atomic mass is 10.0. The number of aryl methyl sites for hydroxylation is 1. The highest BCUT2D eigenvalue weighted by atomic mass is 16.1. The van der Waals surface area contributed by atoms with Crippen LogP contribution in [0.25, 0.3) is 0 Å². The van der Waals surface area contributed by atoms with Gasteiger partial charge in [0.25, 0.3) is 5.91 Å². The number of carbonyl (C=O) groups excluding carboxylic acids is 1. The van der Waals surface area contributed by atoms with E-state index in [-0.39, 0.29) is 5.91 Å². The zero-order chi connectivity index (χ0) is 19.4. The second-order valence-corrected chi connectivity index (χ2v) is 6.87. The van der Waals surface area contributed by atoms with Crippen LogP contribution in [0.15, 0.2) is 54.7 Å². The fraction of sp³-hybridized carbons (Fsp3) is 0.227. The van der Waals surface area contributed by atoms with Gasteiger partial charge in [0.15, 0.2) is 0 Å². The summed E-state index contributed by atoms with van der Waals surface area (Å²) in [5, 5.41) is 6.07. The first-order valence-corrected chi connectivity index (χ1v) is 9.01. The number of aromatic nitrogens is 2. The predicted molar refractivity (Wildman–Crippen MR) is 110 cm³/mol. The van der Waals surface area contributed by atoms with Gasteiger partial charge in [0, 0.05) is 17.6 Å². The van der Waals surface area contributed by atoms with E-state index in [2.05, 4.69) is 46.6 Å². The van der Waals surface area contributed by atoms with Crippen LogP contribution >= 0.6 is 0 Å². The highest BCUT2D eigenvalue weighted by molar-refractivity contribution is 6.03. The number of hydrogen-bond donors (Lipinski definition) is 2. The van der Waals surface area contributed by atoms with Crippen LogP contribution in [-0.2, 0) is 0 Å². The Morgan fingerprint density at radius 3 is 2.44 bits per heavy atom. The SMILES string of the molecule is Cc1cccc(NC(=O)c2ccnc(Nc3ccc(C(C)C)cc3)n2)c1C. The normalized spacial score (nSPS) is 10.7. The third kappa shape index (κ3) is 4.50. The molecule has 0 aliphatic carbocycles. The van der Waals surface area contributed by atoms with E-state index in [9.17, 15) is 4.79 Å². The molecule has 3 rings (SSSR count).